The van der Waals surface area contributed by atoms with Gasteiger partial charge in [0.05, 0.1) is 5.57 Å². The summed E-state index contributed by atoms with van der Waals surface area (Å²) in [6, 6.07) is 8.61. The molecule has 1 aromatic carbocycles. The number of carboxylic acid groups (broad SMARTS) is 1. The Bertz CT molecular complexity index is 583. The predicted molar refractivity (Wildman–Crippen MR) is 76.3 cm³/mol. The van der Waals surface area contributed by atoms with Gasteiger partial charge in [0, 0.05) is 20.5 Å². The molecule has 18 heavy (non-hydrogen) atoms. The third-order valence-electron chi connectivity index (χ3n) is 2.31. The van der Waals surface area contributed by atoms with Crippen LogP contribution in [0.3, 0.4) is 0 Å². The second-order valence-corrected chi connectivity index (χ2v) is 5.24. The van der Waals surface area contributed by atoms with Crippen LogP contribution in [0.2, 0.25) is 10.0 Å². The zero-order chi connectivity index (χ0) is 13.1. The van der Waals surface area contributed by atoms with E-state index in [2.05, 4.69) is 0 Å². The molecule has 1 heterocycles. The number of hydrogen-bond donors (Lipinski definition) is 1. The van der Waals surface area contributed by atoms with Gasteiger partial charge in [0.1, 0.15) is 0 Å². The van der Waals surface area contributed by atoms with Crippen LogP contribution in [0.25, 0.3) is 11.6 Å². The predicted octanol–water partition coefficient (Wildman–Crippen LogP) is 4.68. The second-order valence-electron chi connectivity index (χ2n) is 3.48. The molecule has 0 saturated heterocycles. The van der Waals surface area contributed by atoms with Crippen LogP contribution in [0.1, 0.15) is 10.4 Å². The highest BCUT2D eigenvalue weighted by Gasteiger charge is 2.13. The van der Waals surface area contributed by atoms with E-state index in [1.54, 1.807) is 30.3 Å². The molecule has 0 bridgehead atoms. The lowest BCUT2D eigenvalue weighted by atomic mass is 10.1. The summed E-state index contributed by atoms with van der Waals surface area (Å²) in [5.41, 5.74) is 0.701. The Morgan fingerprint density at radius 2 is 1.83 bits per heavy atom. The Labute approximate surface area is 118 Å². The van der Waals surface area contributed by atoms with Crippen molar-refractivity contribution in [1.82, 2.24) is 0 Å². The van der Waals surface area contributed by atoms with Gasteiger partial charge < -0.3 is 5.11 Å². The van der Waals surface area contributed by atoms with Gasteiger partial charge in [-0.25, -0.2) is 4.79 Å². The molecule has 5 heteroatoms. The zero-order valence-corrected chi connectivity index (χ0v) is 11.4. The minimum Gasteiger partial charge on any atom is -0.478 e. The number of halogens is 2. The number of thiophene rings is 1. The number of rotatable bonds is 3. The van der Waals surface area contributed by atoms with Gasteiger partial charge in [0.15, 0.2) is 0 Å². The van der Waals surface area contributed by atoms with E-state index >= 15 is 0 Å². The van der Waals surface area contributed by atoms with E-state index in [0.717, 1.165) is 0 Å². The van der Waals surface area contributed by atoms with Crippen LogP contribution in [0.15, 0.2) is 35.7 Å². The Balaban J connectivity index is 2.56. The van der Waals surface area contributed by atoms with E-state index in [0.29, 0.717) is 20.5 Å². The van der Waals surface area contributed by atoms with Crippen LogP contribution in [0.5, 0.6) is 0 Å². The summed E-state index contributed by atoms with van der Waals surface area (Å²) >= 11 is 13.4. The second kappa shape index (κ2) is 5.57. The molecule has 92 valence electrons. The van der Waals surface area contributed by atoms with Crippen LogP contribution in [0.4, 0.5) is 0 Å². The average molecular weight is 299 g/mol. The fraction of sp³-hybridized carbons (Fsp3) is 0. The molecule has 2 aromatic rings. The molecule has 0 unspecified atom stereocenters. The molecule has 1 aromatic heterocycles. The first kappa shape index (κ1) is 13.1. The number of aliphatic carboxylic acids is 1. The zero-order valence-electron chi connectivity index (χ0n) is 9.06. The quantitative estimate of drug-likeness (QED) is 0.835. The number of carbonyl (C=O) groups is 1. The highest BCUT2D eigenvalue weighted by atomic mass is 35.5. The first-order valence-corrected chi connectivity index (χ1v) is 6.66. The molecule has 0 radical (unpaired) electrons. The monoisotopic (exact) mass is 298 g/mol. The minimum atomic E-state index is -1.01. The molecule has 0 fully saturated rings. The molecule has 0 atom stereocenters. The van der Waals surface area contributed by atoms with Crippen LogP contribution < -0.4 is 0 Å². The maximum atomic E-state index is 11.3. The minimum absolute atomic E-state index is 0.181. The summed E-state index contributed by atoms with van der Waals surface area (Å²) in [5.74, 6) is -1.01. The molecule has 0 saturated carbocycles. The molecule has 2 rings (SSSR count). The molecule has 0 aliphatic carbocycles. The van der Waals surface area contributed by atoms with Crippen LogP contribution in [-0.4, -0.2) is 11.1 Å². The van der Waals surface area contributed by atoms with Gasteiger partial charge in [0.25, 0.3) is 0 Å². The highest BCUT2D eigenvalue weighted by molar-refractivity contribution is 7.11. The first-order valence-electron chi connectivity index (χ1n) is 5.02. The van der Waals surface area contributed by atoms with Gasteiger partial charge >= 0.3 is 5.97 Å². The van der Waals surface area contributed by atoms with E-state index in [9.17, 15) is 9.90 Å². The van der Waals surface area contributed by atoms with Crippen molar-refractivity contribution in [2.24, 2.45) is 0 Å². The van der Waals surface area contributed by atoms with Crippen LogP contribution >= 0.6 is 34.5 Å². The van der Waals surface area contributed by atoms with Crippen molar-refractivity contribution >= 4 is 52.2 Å². The summed E-state index contributed by atoms with van der Waals surface area (Å²) in [4.78, 5) is 11.9. The van der Waals surface area contributed by atoms with Gasteiger partial charge in [-0.15, -0.1) is 11.3 Å². The fourth-order valence-electron chi connectivity index (χ4n) is 1.46. The summed E-state index contributed by atoms with van der Waals surface area (Å²) in [7, 11) is 0. The van der Waals surface area contributed by atoms with Gasteiger partial charge in [-0.3, -0.25) is 0 Å². The first-order chi connectivity index (χ1) is 8.59. The third-order valence-corrected chi connectivity index (χ3v) is 3.87. The van der Waals surface area contributed by atoms with Crippen molar-refractivity contribution in [3.05, 3.63) is 56.2 Å². The van der Waals surface area contributed by atoms with Crippen LogP contribution in [-0.2, 0) is 4.79 Å². The van der Waals surface area contributed by atoms with Crippen LogP contribution in [0, 0.1) is 0 Å². The smallest absolute Gasteiger partial charge is 0.337 e. The lowest BCUT2D eigenvalue weighted by molar-refractivity contribution is -0.130. The molecule has 0 spiro atoms. The third kappa shape index (κ3) is 2.75. The van der Waals surface area contributed by atoms with E-state index in [-0.39, 0.29) is 5.57 Å². The van der Waals surface area contributed by atoms with E-state index in [4.69, 9.17) is 23.2 Å². The molecule has 0 aliphatic rings. The lowest BCUT2D eigenvalue weighted by Crippen LogP contribution is -1.98. The fourth-order valence-corrected chi connectivity index (χ4v) is 2.70. The molecule has 1 N–H and O–H groups in total. The van der Waals surface area contributed by atoms with Crippen molar-refractivity contribution in [2.75, 3.05) is 0 Å². The largest absolute Gasteiger partial charge is 0.478 e. The number of benzene rings is 1. The normalized spacial score (nSPS) is 11.6. The van der Waals surface area contributed by atoms with Gasteiger partial charge in [-0.05, 0) is 29.7 Å². The molecule has 0 amide bonds. The SMILES string of the molecule is O=C(O)/C(=C\c1c(Cl)cccc1Cl)c1cccs1. The summed E-state index contributed by atoms with van der Waals surface area (Å²) in [6.45, 7) is 0. The molecule has 0 aliphatic heterocycles. The Kier molecular flexibility index (Phi) is 4.07. The molecule has 2 nitrogen and oxygen atoms in total. The highest BCUT2D eigenvalue weighted by Crippen LogP contribution is 2.30. The van der Waals surface area contributed by atoms with E-state index < -0.39 is 5.97 Å². The Hall–Kier alpha value is -1.29. The van der Waals surface area contributed by atoms with Crippen molar-refractivity contribution in [3.63, 3.8) is 0 Å². The number of hydrogen-bond acceptors (Lipinski definition) is 2. The maximum Gasteiger partial charge on any atom is 0.337 e. The van der Waals surface area contributed by atoms with Crippen molar-refractivity contribution < 1.29 is 9.90 Å². The van der Waals surface area contributed by atoms with Gasteiger partial charge in [-0.1, -0.05) is 35.3 Å². The Morgan fingerprint density at radius 3 is 2.33 bits per heavy atom. The topological polar surface area (TPSA) is 37.3 Å². The van der Waals surface area contributed by atoms with E-state index in [1.165, 1.54) is 17.4 Å². The van der Waals surface area contributed by atoms with Gasteiger partial charge in [0.2, 0.25) is 0 Å². The van der Waals surface area contributed by atoms with Crippen molar-refractivity contribution in [3.8, 4) is 0 Å². The van der Waals surface area contributed by atoms with Gasteiger partial charge in [-0.2, -0.15) is 0 Å². The standard InChI is InChI=1S/C13H8Cl2O2S/c14-10-3-1-4-11(15)8(10)7-9(13(16)17)12-5-2-6-18-12/h1-7H,(H,16,17)/b9-7-. The summed E-state index contributed by atoms with van der Waals surface area (Å²) < 4.78 is 0. The molecular weight excluding hydrogens is 291 g/mol. The summed E-state index contributed by atoms with van der Waals surface area (Å²) in [5, 5.41) is 11.9. The van der Waals surface area contributed by atoms with Crippen molar-refractivity contribution in [1.29, 1.82) is 0 Å². The van der Waals surface area contributed by atoms with Crippen molar-refractivity contribution in [2.45, 2.75) is 0 Å². The average Bonchev–Trinajstić information content (AvgIpc) is 2.81. The lowest BCUT2D eigenvalue weighted by Gasteiger charge is -2.04. The number of carboxylic acids is 1. The maximum absolute atomic E-state index is 11.3. The Morgan fingerprint density at radius 1 is 1.17 bits per heavy atom. The summed E-state index contributed by atoms with van der Waals surface area (Å²) in [6.07, 6.45) is 1.50. The van der Waals surface area contributed by atoms with E-state index in [1.807, 2.05) is 5.38 Å². The molecular formula is C13H8Cl2O2S.